The molecule has 2 heterocycles. The molecule has 0 radical (unpaired) electrons. The first kappa shape index (κ1) is 12.8. The molecule has 2 aliphatic rings. The van der Waals surface area contributed by atoms with Crippen molar-refractivity contribution in [2.24, 2.45) is 0 Å². The van der Waals surface area contributed by atoms with Crippen LogP contribution in [0.4, 0.5) is 0 Å². The van der Waals surface area contributed by atoms with Gasteiger partial charge in [0.25, 0.3) is 0 Å². The van der Waals surface area contributed by atoms with Crippen LogP contribution in [-0.2, 0) is 14.3 Å². The molecule has 2 saturated heterocycles. The molecule has 0 bridgehead atoms. The number of nitrogens with zero attached hydrogens (tertiary/aromatic N) is 1. The highest BCUT2D eigenvalue weighted by Crippen LogP contribution is 2.18. The molecule has 0 aliphatic carbocycles. The van der Waals surface area contributed by atoms with Crippen molar-refractivity contribution in [3.05, 3.63) is 0 Å². The van der Waals surface area contributed by atoms with Gasteiger partial charge < -0.3 is 19.5 Å². The van der Waals surface area contributed by atoms with Gasteiger partial charge in [-0.15, -0.1) is 0 Å². The maximum absolute atomic E-state index is 12.0. The fourth-order valence-electron chi connectivity index (χ4n) is 2.43. The van der Waals surface area contributed by atoms with Crippen molar-refractivity contribution in [3.63, 3.8) is 0 Å². The summed E-state index contributed by atoms with van der Waals surface area (Å²) in [6.45, 7) is 2.42. The van der Waals surface area contributed by atoms with E-state index in [1.807, 2.05) is 0 Å². The summed E-state index contributed by atoms with van der Waals surface area (Å²) in [6, 6.07) is -0.166. The van der Waals surface area contributed by atoms with Gasteiger partial charge in [0.15, 0.2) is 0 Å². The van der Waals surface area contributed by atoms with E-state index in [4.69, 9.17) is 9.47 Å². The topological polar surface area (TPSA) is 59.0 Å². The lowest BCUT2D eigenvalue weighted by atomic mass is 10.1. The average molecular weight is 243 g/mol. The molecule has 98 valence electrons. The van der Waals surface area contributed by atoms with Crippen LogP contribution in [0.2, 0.25) is 0 Å². The quantitative estimate of drug-likeness (QED) is 0.764. The van der Waals surface area contributed by atoms with Crippen LogP contribution < -0.4 is 0 Å². The SMILES string of the molecule is O=C(CCC1CCCO1)N1CCOCC1CO. The first-order valence-electron chi connectivity index (χ1n) is 6.41. The van der Waals surface area contributed by atoms with Crippen molar-refractivity contribution in [1.29, 1.82) is 0 Å². The van der Waals surface area contributed by atoms with Crippen LogP contribution in [0.1, 0.15) is 25.7 Å². The third-order valence-electron chi connectivity index (χ3n) is 3.46. The average Bonchev–Trinajstić information content (AvgIpc) is 2.89. The van der Waals surface area contributed by atoms with Gasteiger partial charge in [-0.2, -0.15) is 0 Å². The van der Waals surface area contributed by atoms with Crippen molar-refractivity contribution >= 4 is 5.91 Å². The van der Waals surface area contributed by atoms with Crippen molar-refractivity contribution in [1.82, 2.24) is 4.90 Å². The van der Waals surface area contributed by atoms with E-state index in [0.717, 1.165) is 25.9 Å². The Balaban J connectivity index is 1.76. The van der Waals surface area contributed by atoms with Crippen molar-refractivity contribution in [2.45, 2.75) is 37.8 Å². The summed E-state index contributed by atoms with van der Waals surface area (Å²) in [5.41, 5.74) is 0. The van der Waals surface area contributed by atoms with Crippen molar-refractivity contribution < 1.29 is 19.4 Å². The Bertz CT molecular complexity index is 253. The highest BCUT2D eigenvalue weighted by atomic mass is 16.5. The van der Waals surface area contributed by atoms with E-state index in [-0.39, 0.29) is 24.7 Å². The monoisotopic (exact) mass is 243 g/mol. The maximum Gasteiger partial charge on any atom is 0.223 e. The summed E-state index contributed by atoms with van der Waals surface area (Å²) < 4.78 is 10.8. The third kappa shape index (κ3) is 3.40. The zero-order valence-electron chi connectivity index (χ0n) is 10.1. The fourth-order valence-corrected chi connectivity index (χ4v) is 2.43. The van der Waals surface area contributed by atoms with E-state index in [9.17, 15) is 9.90 Å². The standard InChI is InChI=1S/C12H21NO4/c14-8-10-9-16-7-5-13(10)12(15)4-3-11-2-1-6-17-11/h10-11,14H,1-9H2. The smallest absolute Gasteiger partial charge is 0.223 e. The summed E-state index contributed by atoms with van der Waals surface area (Å²) in [5, 5.41) is 9.19. The van der Waals surface area contributed by atoms with Crippen LogP contribution in [0.15, 0.2) is 0 Å². The minimum absolute atomic E-state index is 0.0222. The number of hydrogen-bond acceptors (Lipinski definition) is 4. The molecule has 1 amide bonds. The van der Waals surface area contributed by atoms with Gasteiger partial charge in [-0.25, -0.2) is 0 Å². The van der Waals surface area contributed by atoms with Crippen LogP contribution >= 0.6 is 0 Å². The van der Waals surface area contributed by atoms with Gasteiger partial charge in [-0.05, 0) is 19.3 Å². The minimum Gasteiger partial charge on any atom is -0.394 e. The Kier molecular flexibility index (Phi) is 4.76. The number of aliphatic hydroxyl groups is 1. The van der Waals surface area contributed by atoms with Crippen LogP contribution in [-0.4, -0.2) is 61.0 Å². The summed E-state index contributed by atoms with van der Waals surface area (Å²) in [6.07, 6.45) is 3.75. The molecule has 1 N–H and O–H groups in total. The van der Waals surface area contributed by atoms with Gasteiger partial charge in [0.05, 0.1) is 32.0 Å². The first-order valence-corrected chi connectivity index (χ1v) is 6.41. The Morgan fingerprint density at radius 3 is 3.00 bits per heavy atom. The van der Waals surface area contributed by atoms with Gasteiger partial charge in [-0.3, -0.25) is 4.79 Å². The minimum atomic E-state index is -0.166. The Labute approximate surface area is 102 Å². The fraction of sp³-hybridized carbons (Fsp3) is 0.917. The van der Waals surface area contributed by atoms with Crippen molar-refractivity contribution in [2.75, 3.05) is 33.0 Å². The van der Waals surface area contributed by atoms with Gasteiger partial charge in [0.2, 0.25) is 5.91 Å². The van der Waals surface area contributed by atoms with Crippen LogP contribution in [0.5, 0.6) is 0 Å². The molecule has 2 aliphatic heterocycles. The molecular weight excluding hydrogens is 222 g/mol. The van der Waals surface area contributed by atoms with Crippen LogP contribution in [0, 0.1) is 0 Å². The summed E-state index contributed by atoms with van der Waals surface area (Å²) in [5.74, 6) is 0.114. The Morgan fingerprint density at radius 2 is 2.29 bits per heavy atom. The Hall–Kier alpha value is -0.650. The number of amides is 1. The molecule has 0 aromatic rings. The van der Waals surface area contributed by atoms with E-state index >= 15 is 0 Å². The normalized spacial score (nSPS) is 29.6. The molecule has 0 aromatic carbocycles. The second kappa shape index (κ2) is 6.33. The predicted molar refractivity (Wildman–Crippen MR) is 61.6 cm³/mol. The number of hydrogen-bond donors (Lipinski definition) is 1. The second-order valence-corrected chi connectivity index (χ2v) is 4.67. The van der Waals surface area contributed by atoms with Gasteiger partial charge in [0, 0.05) is 19.6 Å². The van der Waals surface area contributed by atoms with E-state index < -0.39 is 0 Å². The number of rotatable bonds is 4. The molecule has 2 rings (SSSR count). The summed E-state index contributed by atoms with van der Waals surface area (Å²) >= 11 is 0. The zero-order chi connectivity index (χ0) is 12.1. The molecule has 0 spiro atoms. The largest absolute Gasteiger partial charge is 0.394 e. The van der Waals surface area contributed by atoms with E-state index in [0.29, 0.717) is 26.2 Å². The molecule has 0 aromatic heterocycles. The van der Waals surface area contributed by atoms with Gasteiger partial charge in [0.1, 0.15) is 0 Å². The number of aliphatic hydroxyl groups excluding tert-OH is 1. The van der Waals surface area contributed by atoms with E-state index in [1.165, 1.54) is 0 Å². The second-order valence-electron chi connectivity index (χ2n) is 4.67. The summed E-state index contributed by atoms with van der Waals surface area (Å²) in [4.78, 5) is 13.8. The molecule has 0 saturated carbocycles. The van der Waals surface area contributed by atoms with Crippen LogP contribution in [0.25, 0.3) is 0 Å². The number of ether oxygens (including phenoxy) is 2. The van der Waals surface area contributed by atoms with E-state index in [2.05, 4.69) is 0 Å². The number of carbonyl (C=O) groups excluding carboxylic acids is 1. The highest BCUT2D eigenvalue weighted by Gasteiger charge is 2.27. The Morgan fingerprint density at radius 1 is 1.41 bits per heavy atom. The van der Waals surface area contributed by atoms with Gasteiger partial charge in [-0.1, -0.05) is 0 Å². The molecule has 2 atom stereocenters. The van der Waals surface area contributed by atoms with Gasteiger partial charge >= 0.3 is 0 Å². The summed E-state index contributed by atoms with van der Waals surface area (Å²) in [7, 11) is 0. The molecule has 17 heavy (non-hydrogen) atoms. The molecule has 5 heteroatoms. The lowest BCUT2D eigenvalue weighted by molar-refractivity contribution is -0.142. The molecule has 5 nitrogen and oxygen atoms in total. The van der Waals surface area contributed by atoms with Crippen LogP contribution in [0.3, 0.4) is 0 Å². The van der Waals surface area contributed by atoms with Crippen molar-refractivity contribution in [3.8, 4) is 0 Å². The van der Waals surface area contributed by atoms with E-state index in [1.54, 1.807) is 4.90 Å². The lowest BCUT2D eigenvalue weighted by Gasteiger charge is -2.34. The third-order valence-corrected chi connectivity index (χ3v) is 3.46. The molecular formula is C12H21NO4. The predicted octanol–water partition coefficient (Wildman–Crippen LogP) is 0.165. The molecule has 2 unspecified atom stereocenters. The molecule has 2 fully saturated rings. The maximum atomic E-state index is 12.0. The highest BCUT2D eigenvalue weighted by molar-refractivity contribution is 5.76. The number of carbonyl (C=O) groups is 1. The zero-order valence-corrected chi connectivity index (χ0v) is 10.1. The first-order chi connectivity index (χ1) is 8.31. The lowest BCUT2D eigenvalue weighted by Crippen LogP contribution is -2.50. The number of morpholine rings is 1.